The Bertz CT molecular complexity index is 823. The molecule has 1 aromatic carbocycles. The Morgan fingerprint density at radius 2 is 2.00 bits per heavy atom. The molecule has 0 bridgehead atoms. The van der Waals surface area contributed by atoms with Crippen LogP contribution in [-0.2, 0) is 0 Å². The highest BCUT2D eigenvalue weighted by atomic mass is 32.1. The molecule has 2 heterocycles. The Balaban J connectivity index is 1.60. The Labute approximate surface area is 172 Å². The predicted octanol–water partition coefficient (Wildman–Crippen LogP) is 4.27. The molecule has 0 saturated carbocycles. The van der Waals surface area contributed by atoms with Gasteiger partial charge in [0.2, 0.25) is 0 Å². The van der Waals surface area contributed by atoms with Crippen molar-refractivity contribution in [3.63, 3.8) is 0 Å². The van der Waals surface area contributed by atoms with Crippen LogP contribution < -0.4 is 10.2 Å². The smallest absolute Gasteiger partial charge is 0.186 e. The van der Waals surface area contributed by atoms with E-state index in [9.17, 15) is 5.11 Å². The van der Waals surface area contributed by atoms with Crippen LogP contribution in [0.4, 0.5) is 5.13 Å². The number of hydrogen-bond acceptors (Lipinski definition) is 5. The van der Waals surface area contributed by atoms with E-state index < -0.39 is 0 Å². The third-order valence-corrected chi connectivity index (χ3v) is 7.37. The van der Waals surface area contributed by atoms with Crippen LogP contribution in [0.1, 0.15) is 53.8 Å². The summed E-state index contributed by atoms with van der Waals surface area (Å²) in [5.74, 6) is 0.320. The maximum Gasteiger partial charge on any atom is 0.186 e. The summed E-state index contributed by atoms with van der Waals surface area (Å²) in [6, 6.07) is 9.49. The van der Waals surface area contributed by atoms with Gasteiger partial charge in [-0.2, -0.15) is 0 Å². The van der Waals surface area contributed by atoms with Crippen molar-refractivity contribution in [2.75, 3.05) is 24.6 Å². The first-order chi connectivity index (χ1) is 13.6. The number of likely N-dealkylation sites (N-methyl/N-ethyl adjacent to an activating group) is 1. The number of anilines is 1. The van der Waals surface area contributed by atoms with Gasteiger partial charge in [-0.15, -0.1) is 11.3 Å². The zero-order valence-corrected chi connectivity index (χ0v) is 17.9. The molecule has 4 rings (SSSR count). The highest BCUT2D eigenvalue weighted by Crippen LogP contribution is 2.45. The van der Waals surface area contributed by atoms with Crippen molar-refractivity contribution < 1.29 is 5.11 Å². The normalized spacial score (nSPS) is 24.4. The lowest BCUT2D eigenvalue weighted by Crippen LogP contribution is -2.67. The van der Waals surface area contributed by atoms with Crippen LogP contribution in [0.5, 0.6) is 0 Å². The van der Waals surface area contributed by atoms with E-state index in [1.54, 1.807) is 11.3 Å². The third-order valence-electron chi connectivity index (χ3n) is 6.28. The molecule has 0 unspecified atom stereocenters. The molecule has 2 aliphatic rings. The van der Waals surface area contributed by atoms with Crippen molar-refractivity contribution in [3.8, 4) is 0 Å². The Kier molecular flexibility index (Phi) is 5.85. The predicted molar refractivity (Wildman–Crippen MR) is 118 cm³/mol. The van der Waals surface area contributed by atoms with Crippen LogP contribution >= 0.6 is 11.3 Å². The van der Waals surface area contributed by atoms with Crippen LogP contribution in [0.15, 0.2) is 30.3 Å². The average Bonchev–Trinajstić information content (AvgIpc) is 3.32. The van der Waals surface area contributed by atoms with Gasteiger partial charge in [-0.3, -0.25) is 0 Å². The van der Waals surface area contributed by atoms with Gasteiger partial charge >= 0.3 is 0 Å². The van der Waals surface area contributed by atoms with Gasteiger partial charge in [0.1, 0.15) is 0 Å². The molecule has 1 saturated heterocycles. The minimum absolute atomic E-state index is 0.0881. The number of aliphatic hydroxyl groups is 1. The van der Waals surface area contributed by atoms with Crippen molar-refractivity contribution in [3.05, 3.63) is 52.0 Å². The van der Waals surface area contributed by atoms with Crippen LogP contribution in [0.2, 0.25) is 0 Å². The second-order valence-electron chi connectivity index (χ2n) is 7.94. The van der Waals surface area contributed by atoms with Crippen LogP contribution in [0, 0.1) is 13.8 Å². The second-order valence-corrected chi connectivity index (χ2v) is 9.12. The number of benzene rings is 1. The molecule has 0 spiro atoms. The molecule has 4 nitrogen and oxygen atoms in total. The van der Waals surface area contributed by atoms with E-state index in [0.717, 1.165) is 23.9 Å². The number of aromatic nitrogens is 1. The van der Waals surface area contributed by atoms with Gasteiger partial charge in [0.25, 0.3) is 0 Å². The largest absolute Gasteiger partial charge is 0.394 e. The lowest BCUT2D eigenvalue weighted by molar-refractivity contribution is 0.167. The number of hydrogen-bond donors (Lipinski definition) is 2. The van der Waals surface area contributed by atoms with Crippen molar-refractivity contribution in [1.82, 2.24) is 10.3 Å². The number of thiazole rings is 1. The van der Waals surface area contributed by atoms with Crippen molar-refractivity contribution in [2.45, 2.75) is 58.0 Å². The molecule has 1 fully saturated rings. The number of allylic oxidation sites excluding steroid dienone is 2. The Morgan fingerprint density at radius 1 is 1.21 bits per heavy atom. The van der Waals surface area contributed by atoms with Gasteiger partial charge in [-0.05, 0) is 56.4 Å². The summed E-state index contributed by atoms with van der Waals surface area (Å²) in [6.07, 6.45) is 6.05. The summed E-state index contributed by atoms with van der Waals surface area (Å²) >= 11 is 1.74. The van der Waals surface area contributed by atoms with Gasteiger partial charge < -0.3 is 15.3 Å². The summed E-state index contributed by atoms with van der Waals surface area (Å²) in [5.41, 5.74) is 5.26. The van der Waals surface area contributed by atoms with Crippen LogP contribution in [0.3, 0.4) is 0 Å². The second kappa shape index (κ2) is 8.36. The van der Waals surface area contributed by atoms with E-state index in [-0.39, 0.29) is 12.6 Å². The van der Waals surface area contributed by atoms with Crippen molar-refractivity contribution in [2.24, 2.45) is 0 Å². The third kappa shape index (κ3) is 3.51. The average molecular weight is 398 g/mol. The standard InChI is InChI=1S/C23H31N3OS/c1-4-24-13-20-22(19-11-9-18(10-12-19)17-7-5-6-8-17)21(14-27)26(20)23-25-15(2)16(3)28-23/h7,9-12,20-22,24,27H,4-6,8,13-14H2,1-3H3/t20-,21+,22+/m1/s1. The fourth-order valence-corrected chi connectivity index (χ4v) is 5.64. The molecule has 2 N–H and O–H groups in total. The molecule has 0 amide bonds. The zero-order chi connectivity index (χ0) is 19.7. The molecular weight excluding hydrogens is 366 g/mol. The summed E-state index contributed by atoms with van der Waals surface area (Å²) in [4.78, 5) is 8.38. The number of aryl methyl sites for hydroxylation is 2. The molecule has 28 heavy (non-hydrogen) atoms. The van der Waals surface area contributed by atoms with Gasteiger partial charge in [0.15, 0.2) is 5.13 Å². The van der Waals surface area contributed by atoms with Gasteiger partial charge in [0.05, 0.1) is 24.4 Å². The van der Waals surface area contributed by atoms with E-state index in [4.69, 9.17) is 4.98 Å². The monoisotopic (exact) mass is 397 g/mol. The lowest BCUT2D eigenvalue weighted by Gasteiger charge is -2.55. The molecular formula is C23H31N3OS. The van der Waals surface area contributed by atoms with Crippen LogP contribution in [-0.4, -0.2) is 41.9 Å². The summed E-state index contributed by atoms with van der Waals surface area (Å²) in [7, 11) is 0. The SMILES string of the molecule is CCNC[C@@H]1[C@H](c2ccc(C3=CCCC3)cc2)[C@H](CO)N1c1nc(C)c(C)s1. The molecule has 1 aliphatic heterocycles. The quantitative estimate of drug-likeness (QED) is 0.732. The van der Waals surface area contributed by atoms with E-state index in [1.165, 1.54) is 40.8 Å². The van der Waals surface area contributed by atoms with Crippen molar-refractivity contribution >= 4 is 22.0 Å². The first kappa shape index (κ1) is 19.6. The number of aliphatic hydroxyl groups excluding tert-OH is 1. The van der Waals surface area contributed by atoms with E-state index in [1.807, 2.05) is 0 Å². The fraction of sp³-hybridized carbons (Fsp3) is 0.522. The zero-order valence-electron chi connectivity index (χ0n) is 17.1. The van der Waals surface area contributed by atoms with E-state index in [0.29, 0.717) is 12.0 Å². The summed E-state index contributed by atoms with van der Waals surface area (Å²) in [6.45, 7) is 8.33. The van der Waals surface area contributed by atoms with E-state index in [2.05, 4.69) is 61.3 Å². The van der Waals surface area contributed by atoms with Gasteiger partial charge in [-0.25, -0.2) is 4.98 Å². The molecule has 2 aromatic rings. The highest BCUT2D eigenvalue weighted by molar-refractivity contribution is 7.15. The lowest BCUT2D eigenvalue weighted by atomic mass is 9.75. The Morgan fingerprint density at radius 3 is 2.57 bits per heavy atom. The molecule has 0 radical (unpaired) electrons. The molecule has 1 aromatic heterocycles. The molecule has 5 heteroatoms. The molecule has 3 atom stereocenters. The van der Waals surface area contributed by atoms with E-state index >= 15 is 0 Å². The minimum atomic E-state index is 0.0881. The van der Waals surface area contributed by atoms with Gasteiger partial charge in [-0.1, -0.05) is 37.3 Å². The number of rotatable bonds is 7. The molecule has 1 aliphatic carbocycles. The topological polar surface area (TPSA) is 48.4 Å². The van der Waals surface area contributed by atoms with Gasteiger partial charge in [0, 0.05) is 17.3 Å². The fourth-order valence-electron chi connectivity index (χ4n) is 4.61. The highest BCUT2D eigenvalue weighted by Gasteiger charge is 2.49. The van der Waals surface area contributed by atoms with Crippen LogP contribution in [0.25, 0.3) is 5.57 Å². The number of nitrogens with one attached hydrogen (secondary N) is 1. The Hall–Kier alpha value is -1.69. The maximum atomic E-state index is 10.2. The summed E-state index contributed by atoms with van der Waals surface area (Å²) < 4.78 is 0. The first-order valence-corrected chi connectivity index (χ1v) is 11.3. The first-order valence-electron chi connectivity index (χ1n) is 10.5. The molecule has 150 valence electrons. The number of nitrogens with zero attached hydrogens (tertiary/aromatic N) is 2. The maximum absolute atomic E-state index is 10.2. The summed E-state index contributed by atoms with van der Waals surface area (Å²) in [5, 5.41) is 14.8. The van der Waals surface area contributed by atoms with Crippen molar-refractivity contribution in [1.29, 1.82) is 0 Å². The minimum Gasteiger partial charge on any atom is -0.394 e.